The van der Waals surface area contributed by atoms with Gasteiger partial charge in [-0.2, -0.15) is 4.31 Å². The normalized spacial score (nSPS) is 19.7. The second kappa shape index (κ2) is 6.01. The maximum absolute atomic E-state index is 11.6. The lowest BCUT2D eigenvalue weighted by Crippen LogP contribution is -2.30. The predicted molar refractivity (Wildman–Crippen MR) is 74.1 cm³/mol. The van der Waals surface area contributed by atoms with Crippen molar-refractivity contribution in [3.05, 3.63) is 16.1 Å². The van der Waals surface area contributed by atoms with E-state index >= 15 is 0 Å². The number of sulfonamides is 1. The summed E-state index contributed by atoms with van der Waals surface area (Å²) in [6, 6.07) is 0. The van der Waals surface area contributed by atoms with Gasteiger partial charge in [0.1, 0.15) is 11.1 Å². The predicted octanol–water partition coefficient (Wildman–Crippen LogP) is 1.39. The molecular formula is C12H16N2O3S2. The summed E-state index contributed by atoms with van der Waals surface area (Å²) in [5.41, 5.74) is 0.719. The summed E-state index contributed by atoms with van der Waals surface area (Å²) in [6.07, 6.45) is 8.44. The van der Waals surface area contributed by atoms with Crippen LogP contribution in [0.3, 0.4) is 0 Å². The van der Waals surface area contributed by atoms with Crippen molar-refractivity contribution in [1.29, 1.82) is 0 Å². The van der Waals surface area contributed by atoms with Crippen molar-refractivity contribution in [3.63, 3.8) is 0 Å². The molecule has 0 radical (unpaired) electrons. The van der Waals surface area contributed by atoms with E-state index in [-0.39, 0.29) is 19.2 Å². The van der Waals surface area contributed by atoms with Gasteiger partial charge < -0.3 is 4.74 Å². The first kappa shape index (κ1) is 14.5. The number of terminal acetylenes is 1. The van der Waals surface area contributed by atoms with Gasteiger partial charge in [0.15, 0.2) is 0 Å². The minimum atomic E-state index is -3.31. The molecule has 2 rings (SSSR count). The summed E-state index contributed by atoms with van der Waals surface area (Å²) < 4.78 is 29.9. The molecule has 104 valence electrons. The topological polar surface area (TPSA) is 59.5 Å². The zero-order chi connectivity index (χ0) is 13.9. The third-order valence-corrected chi connectivity index (χ3v) is 5.03. The monoisotopic (exact) mass is 300 g/mol. The molecule has 0 N–H and O–H groups in total. The Labute approximate surface area is 117 Å². The lowest BCUT2D eigenvalue weighted by Gasteiger charge is -2.15. The molecule has 1 saturated heterocycles. The number of hydrogen-bond donors (Lipinski definition) is 0. The average Bonchev–Trinajstić information content (AvgIpc) is 2.97. The van der Waals surface area contributed by atoms with Crippen molar-refractivity contribution in [2.24, 2.45) is 0 Å². The molecule has 1 aromatic rings. The van der Waals surface area contributed by atoms with Crippen molar-refractivity contribution >= 4 is 21.4 Å². The van der Waals surface area contributed by atoms with E-state index in [1.807, 2.05) is 5.38 Å². The molecule has 0 bridgehead atoms. The lowest BCUT2D eigenvalue weighted by atomic mass is 10.2. The van der Waals surface area contributed by atoms with Gasteiger partial charge in [-0.3, -0.25) is 0 Å². The molecular weight excluding hydrogens is 284 g/mol. The minimum absolute atomic E-state index is 0.0611. The highest BCUT2D eigenvalue weighted by atomic mass is 32.2. The maximum atomic E-state index is 11.6. The van der Waals surface area contributed by atoms with Crippen LogP contribution in [-0.4, -0.2) is 37.1 Å². The SMILES string of the molecule is C#CCN(Cc1csc([C@@H]2CCCO2)n1)S(C)(=O)=O. The van der Waals surface area contributed by atoms with Gasteiger partial charge in [0.05, 0.1) is 25.0 Å². The van der Waals surface area contributed by atoms with Crippen molar-refractivity contribution in [3.8, 4) is 12.3 Å². The van der Waals surface area contributed by atoms with E-state index in [1.54, 1.807) is 0 Å². The standard InChI is InChI=1S/C12H16N2O3S2/c1-3-6-14(19(2,15)16)8-10-9-18-12(13-10)11-5-4-7-17-11/h1,9,11H,4-8H2,2H3/t11-/m0/s1. The third kappa shape index (κ3) is 3.76. The van der Waals surface area contributed by atoms with Crippen LogP contribution in [-0.2, 0) is 21.3 Å². The van der Waals surface area contributed by atoms with E-state index < -0.39 is 10.0 Å². The first-order valence-electron chi connectivity index (χ1n) is 5.95. The maximum Gasteiger partial charge on any atom is 0.212 e. The van der Waals surface area contributed by atoms with Gasteiger partial charge in [0.25, 0.3) is 0 Å². The van der Waals surface area contributed by atoms with Crippen molar-refractivity contribution < 1.29 is 13.2 Å². The Kier molecular flexibility index (Phi) is 4.58. The Hall–Kier alpha value is -0.940. The number of ether oxygens (including phenoxy) is 1. The smallest absolute Gasteiger partial charge is 0.212 e. The quantitative estimate of drug-likeness (QED) is 0.771. The van der Waals surface area contributed by atoms with E-state index in [1.165, 1.54) is 15.6 Å². The zero-order valence-corrected chi connectivity index (χ0v) is 12.3. The number of hydrogen-bond acceptors (Lipinski definition) is 5. The number of rotatable bonds is 5. The summed E-state index contributed by atoms with van der Waals surface area (Å²) in [7, 11) is -3.31. The van der Waals surface area contributed by atoms with Crippen molar-refractivity contribution in [2.75, 3.05) is 19.4 Å². The second-order valence-electron chi connectivity index (χ2n) is 4.41. The van der Waals surface area contributed by atoms with Gasteiger partial charge in [0.2, 0.25) is 10.0 Å². The molecule has 0 amide bonds. The molecule has 0 saturated carbocycles. The summed E-state index contributed by atoms with van der Waals surface area (Å²) in [6.45, 7) is 1.05. The zero-order valence-electron chi connectivity index (χ0n) is 10.7. The van der Waals surface area contributed by atoms with Crippen LogP contribution >= 0.6 is 11.3 Å². The molecule has 0 aliphatic carbocycles. The molecule has 1 fully saturated rings. The Balaban J connectivity index is 2.08. The van der Waals surface area contributed by atoms with Crippen molar-refractivity contribution in [2.45, 2.75) is 25.5 Å². The van der Waals surface area contributed by atoms with Gasteiger partial charge in [-0.15, -0.1) is 17.8 Å². The molecule has 1 aliphatic heterocycles. The summed E-state index contributed by atoms with van der Waals surface area (Å²) in [4.78, 5) is 4.45. The molecule has 1 atom stereocenters. The summed E-state index contributed by atoms with van der Waals surface area (Å²) in [5.74, 6) is 2.35. The van der Waals surface area contributed by atoms with Gasteiger partial charge in [-0.05, 0) is 12.8 Å². The van der Waals surface area contributed by atoms with Crippen LogP contribution in [0.5, 0.6) is 0 Å². The fourth-order valence-electron chi connectivity index (χ4n) is 1.89. The first-order chi connectivity index (χ1) is 9.00. The molecule has 5 nitrogen and oxygen atoms in total. The third-order valence-electron chi connectivity index (χ3n) is 2.85. The van der Waals surface area contributed by atoms with Crippen LogP contribution in [0.4, 0.5) is 0 Å². The second-order valence-corrected chi connectivity index (χ2v) is 7.29. The Morgan fingerprint density at radius 1 is 1.68 bits per heavy atom. The Morgan fingerprint density at radius 3 is 3.05 bits per heavy atom. The molecule has 0 aromatic carbocycles. The van der Waals surface area contributed by atoms with Crippen LogP contribution in [0.15, 0.2) is 5.38 Å². The Bertz CT molecular complexity index is 568. The van der Waals surface area contributed by atoms with Gasteiger partial charge in [-0.25, -0.2) is 13.4 Å². The summed E-state index contributed by atoms with van der Waals surface area (Å²) in [5, 5.41) is 2.78. The number of nitrogens with zero attached hydrogens (tertiary/aromatic N) is 2. The largest absolute Gasteiger partial charge is 0.371 e. The van der Waals surface area contributed by atoms with E-state index in [0.717, 1.165) is 36.4 Å². The first-order valence-corrected chi connectivity index (χ1v) is 8.68. The highest BCUT2D eigenvalue weighted by molar-refractivity contribution is 7.88. The van der Waals surface area contributed by atoms with Gasteiger partial charge in [0, 0.05) is 12.0 Å². The molecule has 0 unspecified atom stereocenters. The lowest BCUT2D eigenvalue weighted by molar-refractivity contribution is 0.111. The van der Waals surface area contributed by atoms with E-state index in [2.05, 4.69) is 10.9 Å². The van der Waals surface area contributed by atoms with Crippen LogP contribution in [0.25, 0.3) is 0 Å². The molecule has 0 spiro atoms. The fourth-order valence-corrected chi connectivity index (χ4v) is 3.46. The average molecular weight is 300 g/mol. The fraction of sp³-hybridized carbons (Fsp3) is 0.583. The van der Waals surface area contributed by atoms with E-state index in [0.29, 0.717) is 0 Å². The van der Waals surface area contributed by atoms with E-state index in [4.69, 9.17) is 11.2 Å². The van der Waals surface area contributed by atoms with Crippen molar-refractivity contribution in [1.82, 2.24) is 9.29 Å². The minimum Gasteiger partial charge on any atom is -0.371 e. The number of aromatic nitrogens is 1. The molecule has 2 heterocycles. The number of thiazole rings is 1. The van der Waals surface area contributed by atoms with Crippen LogP contribution in [0, 0.1) is 12.3 Å². The molecule has 1 aliphatic rings. The molecule has 7 heteroatoms. The van der Waals surface area contributed by atoms with Gasteiger partial charge >= 0.3 is 0 Å². The Morgan fingerprint density at radius 2 is 2.47 bits per heavy atom. The van der Waals surface area contributed by atoms with Crippen LogP contribution in [0.1, 0.15) is 29.6 Å². The van der Waals surface area contributed by atoms with Gasteiger partial charge in [-0.1, -0.05) is 5.92 Å². The summed E-state index contributed by atoms with van der Waals surface area (Å²) >= 11 is 1.51. The molecule has 19 heavy (non-hydrogen) atoms. The van der Waals surface area contributed by atoms with Crippen LogP contribution < -0.4 is 0 Å². The van der Waals surface area contributed by atoms with E-state index in [9.17, 15) is 8.42 Å². The highest BCUT2D eigenvalue weighted by Gasteiger charge is 2.22. The highest BCUT2D eigenvalue weighted by Crippen LogP contribution is 2.30. The van der Waals surface area contributed by atoms with Crippen LogP contribution in [0.2, 0.25) is 0 Å². The molecule has 1 aromatic heterocycles.